The van der Waals surface area contributed by atoms with Crippen molar-refractivity contribution in [2.75, 3.05) is 24.4 Å². The van der Waals surface area contributed by atoms with Crippen LogP contribution in [0.5, 0.6) is 0 Å². The zero-order valence-corrected chi connectivity index (χ0v) is 8.26. The lowest BCUT2D eigenvalue weighted by atomic mass is 10.3. The fraction of sp³-hybridized carbons (Fsp3) is 1.00. The molecule has 10 heavy (non-hydrogen) atoms. The minimum absolute atomic E-state index is 0.462. The standard InChI is InChI=1S/C7H16ClNS/c1-7(6-8)9-4-3-5-10-2/h7,9H,3-6H2,1-2H3. The number of rotatable bonds is 6. The van der Waals surface area contributed by atoms with Gasteiger partial charge in [-0.25, -0.2) is 0 Å². The van der Waals surface area contributed by atoms with E-state index in [1.165, 1.54) is 12.2 Å². The van der Waals surface area contributed by atoms with Crippen molar-refractivity contribution in [2.24, 2.45) is 0 Å². The normalized spacial score (nSPS) is 13.5. The molecule has 0 spiro atoms. The first-order valence-electron chi connectivity index (χ1n) is 3.59. The maximum atomic E-state index is 5.60. The first-order chi connectivity index (χ1) is 4.81. The Labute approximate surface area is 72.9 Å². The molecular formula is C7H16ClNS. The molecule has 0 aromatic heterocycles. The molecule has 0 bridgehead atoms. The van der Waals surface area contributed by atoms with Crippen LogP contribution >= 0.6 is 23.4 Å². The van der Waals surface area contributed by atoms with E-state index in [0.717, 1.165) is 6.54 Å². The summed E-state index contributed by atoms with van der Waals surface area (Å²) in [6.45, 7) is 3.20. The van der Waals surface area contributed by atoms with E-state index < -0.39 is 0 Å². The molecule has 0 aliphatic carbocycles. The summed E-state index contributed by atoms with van der Waals surface area (Å²) < 4.78 is 0. The van der Waals surface area contributed by atoms with E-state index in [2.05, 4.69) is 18.5 Å². The molecular weight excluding hydrogens is 166 g/mol. The Balaban J connectivity index is 2.89. The second kappa shape index (κ2) is 7.70. The van der Waals surface area contributed by atoms with Gasteiger partial charge in [-0.05, 0) is 31.9 Å². The van der Waals surface area contributed by atoms with Gasteiger partial charge in [0.15, 0.2) is 0 Å². The van der Waals surface area contributed by atoms with E-state index in [1.807, 2.05) is 11.8 Å². The molecule has 0 heterocycles. The number of nitrogens with one attached hydrogen (secondary N) is 1. The average molecular weight is 182 g/mol. The molecule has 0 aliphatic heterocycles. The summed E-state index contributed by atoms with van der Waals surface area (Å²) >= 11 is 7.48. The van der Waals surface area contributed by atoms with Crippen LogP contribution < -0.4 is 5.32 Å². The zero-order chi connectivity index (χ0) is 7.82. The quantitative estimate of drug-likeness (QED) is 0.497. The molecule has 0 radical (unpaired) electrons. The van der Waals surface area contributed by atoms with Crippen molar-refractivity contribution in [1.82, 2.24) is 5.32 Å². The molecule has 0 aromatic carbocycles. The predicted molar refractivity (Wildman–Crippen MR) is 51.2 cm³/mol. The van der Waals surface area contributed by atoms with Gasteiger partial charge >= 0.3 is 0 Å². The van der Waals surface area contributed by atoms with Crippen LogP contribution in [0, 0.1) is 0 Å². The maximum Gasteiger partial charge on any atom is 0.0374 e. The Hall–Kier alpha value is 0.600. The van der Waals surface area contributed by atoms with Crippen molar-refractivity contribution in [3.63, 3.8) is 0 Å². The van der Waals surface area contributed by atoms with Gasteiger partial charge in [-0.3, -0.25) is 0 Å². The Bertz CT molecular complexity index is 70.6. The highest BCUT2D eigenvalue weighted by atomic mass is 35.5. The van der Waals surface area contributed by atoms with Crippen LogP contribution in [0.2, 0.25) is 0 Å². The molecule has 1 atom stereocenters. The van der Waals surface area contributed by atoms with Crippen LogP contribution in [0.4, 0.5) is 0 Å². The van der Waals surface area contributed by atoms with Gasteiger partial charge in [0.25, 0.3) is 0 Å². The molecule has 3 heteroatoms. The summed E-state index contributed by atoms with van der Waals surface area (Å²) in [4.78, 5) is 0. The van der Waals surface area contributed by atoms with E-state index in [-0.39, 0.29) is 0 Å². The molecule has 0 amide bonds. The second-order valence-electron chi connectivity index (χ2n) is 2.36. The van der Waals surface area contributed by atoms with E-state index in [1.54, 1.807) is 0 Å². The van der Waals surface area contributed by atoms with E-state index in [0.29, 0.717) is 11.9 Å². The van der Waals surface area contributed by atoms with Crippen LogP contribution in [-0.2, 0) is 0 Å². The van der Waals surface area contributed by atoms with E-state index >= 15 is 0 Å². The van der Waals surface area contributed by atoms with Crippen molar-refractivity contribution >= 4 is 23.4 Å². The lowest BCUT2D eigenvalue weighted by molar-refractivity contribution is 0.590. The molecule has 0 saturated heterocycles. The number of halogens is 1. The average Bonchev–Trinajstić information content (AvgIpc) is 1.98. The first-order valence-corrected chi connectivity index (χ1v) is 5.52. The molecule has 1 unspecified atom stereocenters. The third kappa shape index (κ3) is 6.72. The monoisotopic (exact) mass is 181 g/mol. The van der Waals surface area contributed by atoms with E-state index in [4.69, 9.17) is 11.6 Å². The lowest BCUT2D eigenvalue weighted by Gasteiger charge is -2.08. The predicted octanol–water partition coefficient (Wildman–Crippen LogP) is 1.96. The number of alkyl halides is 1. The van der Waals surface area contributed by atoms with Crippen LogP contribution in [0.15, 0.2) is 0 Å². The number of thioether (sulfide) groups is 1. The molecule has 0 rings (SSSR count). The van der Waals surface area contributed by atoms with Gasteiger partial charge in [-0.15, -0.1) is 11.6 Å². The molecule has 1 nitrogen and oxygen atoms in total. The highest BCUT2D eigenvalue weighted by Crippen LogP contribution is 1.94. The summed E-state index contributed by atoms with van der Waals surface area (Å²) in [5.74, 6) is 1.95. The van der Waals surface area contributed by atoms with Gasteiger partial charge in [0, 0.05) is 11.9 Å². The number of hydrogen-bond donors (Lipinski definition) is 1. The van der Waals surface area contributed by atoms with Gasteiger partial charge < -0.3 is 5.32 Å². The Morgan fingerprint density at radius 2 is 2.30 bits per heavy atom. The van der Waals surface area contributed by atoms with Gasteiger partial charge in [-0.1, -0.05) is 0 Å². The highest BCUT2D eigenvalue weighted by molar-refractivity contribution is 7.98. The topological polar surface area (TPSA) is 12.0 Å². The summed E-state index contributed by atoms with van der Waals surface area (Å²) in [6.07, 6.45) is 3.37. The van der Waals surface area contributed by atoms with Gasteiger partial charge in [-0.2, -0.15) is 11.8 Å². The van der Waals surface area contributed by atoms with Crippen LogP contribution in [0.1, 0.15) is 13.3 Å². The maximum absolute atomic E-state index is 5.60. The number of hydrogen-bond acceptors (Lipinski definition) is 2. The minimum atomic E-state index is 0.462. The van der Waals surface area contributed by atoms with Crippen LogP contribution in [-0.4, -0.2) is 30.5 Å². The van der Waals surface area contributed by atoms with Gasteiger partial charge in [0.2, 0.25) is 0 Å². The fourth-order valence-electron chi connectivity index (χ4n) is 0.620. The largest absolute Gasteiger partial charge is 0.313 e. The fourth-order valence-corrected chi connectivity index (χ4v) is 1.16. The summed E-state index contributed by atoms with van der Waals surface area (Å²) in [5, 5.41) is 3.32. The molecule has 0 aromatic rings. The van der Waals surface area contributed by atoms with Gasteiger partial charge in [0.05, 0.1) is 0 Å². The minimum Gasteiger partial charge on any atom is -0.313 e. The third-order valence-electron chi connectivity index (χ3n) is 1.25. The highest BCUT2D eigenvalue weighted by Gasteiger charge is 1.95. The molecule has 0 saturated carbocycles. The van der Waals surface area contributed by atoms with Crippen molar-refractivity contribution in [1.29, 1.82) is 0 Å². The third-order valence-corrected chi connectivity index (χ3v) is 2.41. The Morgan fingerprint density at radius 3 is 2.80 bits per heavy atom. The second-order valence-corrected chi connectivity index (χ2v) is 3.65. The van der Waals surface area contributed by atoms with Crippen molar-refractivity contribution < 1.29 is 0 Å². The summed E-state index contributed by atoms with van der Waals surface area (Å²) in [7, 11) is 0. The van der Waals surface area contributed by atoms with Crippen LogP contribution in [0.3, 0.4) is 0 Å². The smallest absolute Gasteiger partial charge is 0.0374 e. The SMILES string of the molecule is CSCCCNC(C)CCl. The lowest BCUT2D eigenvalue weighted by Crippen LogP contribution is -2.28. The summed E-state index contributed by atoms with van der Waals surface area (Å²) in [6, 6.07) is 0.462. The van der Waals surface area contributed by atoms with Gasteiger partial charge in [0.1, 0.15) is 0 Å². The van der Waals surface area contributed by atoms with E-state index in [9.17, 15) is 0 Å². The Morgan fingerprint density at radius 1 is 1.60 bits per heavy atom. The Kier molecular flexibility index (Phi) is 8.17. The van der Waals surface area contributed by atoms with Crippen molar-refractivity contribution in [3.05, 3.63) is 0 Å². The summed E-state index contributed by atoms with van der Waals surface area (Å²) in [5.41, 5.74) is 0. The first kappa shape index (κ1) is 10.6. The van der Waals surface area contributed by atoms with Crippen LogP contribution in [0.25, 0.3) is 0 Å². The molecule has 62 valence electrons. The van der Waals surface area contributed by atoms with Crippen molar-refractivity contribution in [2.45, 2.75) is 19.4 Å². The molecule has 0 fully saturated rings. The zero-order valence-electron chi connectivity index (χ0n) is 6.69. The molecule has 0 aliphatic rings. The molecule has 1 N–H and O–H groups in total. The van der Waals surface area contributed by atoms with Crippen molar-refractivity contribution in [3.8, 4) is 0 Å².